The number of hydrogen-bond donors (Lipinski definition) is 1. The Morgan fingerprint density at radius 3 is 2.63 bits per heavy atom. The van der Waals surface area contributed by atoms with Gasteiger partial charge in [-0.1, -0.05) is 23.7 Å². The zero-order chi connectivity index (χ0) is 19.6. The highest BCUT2D eigenvalue weighted by molar-refractivity contribution is 6.34. The highest BCUT2D eigenvalue weighted by Gasteiger charge is 2.36. The third-order valence-corrected chi connectivity index (χ3v) is 5.05. The minimum absolute atomic E-state index is 0.0892. The number of halogens is 1. The molecule has 1 N–H and O–H groups in total. The summed E-state index contributed by atoms with van der Waals surface area (Å²) in [5, 5.41) is 3.29. The Balaban J connectivity index is 1.67. The summed E-state index contributed by atoms with van der Waals surface area (Å²) in [4.78, 5) is 30.9. The van der Waals surface area contributed by atoms with E-state index in [1.165, 1.54) is 7.11 Å². The van der Waals surface area contributed by atoms with E-state index in [-0.39, 0.29) is 17.9 Å². The molecule has 1 saturated heterocycles. The lowest BCUT2D eigenvalue weighted by Crippen LogP contribution is -2.63. The van der Waals surface area contributed by atoms with Crippen molar-refractivity contribution in [1.29, 1.82) is 0 Å². The maximum absolute atomic E-state index is 12.8. The van der Waals surface area contributed by atoms with Gasteiger partial charge in [-0.25, -0.2) is 0 Å². The Labute approximate surface area is 163 Å². The zero-order valence-corrected chi connectivity index (χ0v) is 16.3. The van der Waals surface area contributed by atoms with Crippen LogP contribution < -0.4 is 5.32 Å². The normalized spacial score (nSPS) is 14.6. The highest BCUT2D eigenvalue weighted by atomic mass is 35.5. The number of likely N-dealkylation sites (tertiary alicyclic amines) is 1. The molecule has 2 amide bonds. The molecule has 1 aromatic heterocycles. The maximum Gasteiger partial charge on any atom is 0.255 e. The van der Waals surface area contributed by atoms with Gasteiger partial charge in [0.2, 0.25) is 0 Å². The number of hydrogen-bond acceptors (Lipinski definition) is 4. The van der Waals surface area contributed by atoms with E-state index in [0.717, 1.165) is 11.3 Å². The second kappa shape index (κ2) is 7.66. The average Bonchev–Trinajstić information content (AvgIpc) is 2.64. The Hall–Kier alpha value is -2.44. The standard InChI is InChI=1S/C20H22ClN3O3/c1-20(2,27-3)19(26)23-14-11-24(12-14)18(25)15-10-13(7-8-16(15)21)17-6-4-5-9-22-17/h4-10,14H,11-12H2,1-3H3,(H,23,26). The number of ether oxygens (including phenoxy) is 1. The molecule has 0 atom stereocenters. The first kappa shape index (κ1) is 19.3. The van der Waals surface area contributed by atoms with Crippen LogP contribution in [0.2, 0.25) is 5.02 Å². The summed E-state index contributed by atoms with van der Waals surface area (Å²) in [5.41, 5.74) is 1.14. The van der Waals surface area contributed by atoms with E-state index in [0.29, 0.717) is 23.7 Å². The van der Waals surface area contributed by atoms with Crippen molar-refractivity contribution in [2.75, 3.05) is 20.2 Å². The van der Waals surface area contributed by atoms with E-state index in [1.807, 2.05) is 24.3 Å². The van der Waals surface area contributed by atoms with Crippen LogP contribution in [-0.4, -0.2) is 53.5 Å². The average molecular weight is 388 g/mol. The van der Waals surface area contributed by atoms with Crippen molar-refractivity contribution >= 4 is 23.4 Å². The monoisotopic (exact) mass is 387 g/mol. The molecule has 3 rings (SSSR count). The number of aromatic nitrogens is 1. The number of pyridine rings is 1. The molecule has 1 aliphatic rings. The molecule has 0 spiro atoms. The summed E-state index contributed by atoms with van der Waals surface area (Å²) in [7, 11) is 1.49. The SMILES string of the molecule is COC(C)(C)C(=O)NC1CN(C(=O)c2cc(-c3ccccn3)ccc2Cl)C1. The van der Waals surface area contributed by atoms with Gasteiger partial charge in [0.25, 0.3) is 11.8 Å². The van der Waals surface area contributed by atoms with E-state index < -0.39 is 5.60 Å². The smallest absolute Gasteiger partial charge is 0.255 e. The quantitative estimate of drug-likeness (QED) is 0.856. The van der Waals surface area contributed by atoms with Gasteiger partial charge in [-0.05, 0) is 38.1 Å². The van der Waals surface area contributed by atoms with Gasteiger partial charge in [-0.2, -0.15) is 0 Å². The Morgan fingerprint density at radius 2 is 2.00 bits per heavy atom. The van der Waals surface area contributed by atoms with Crippen LogP contribution in [0.5, 0.6) is 0 Å². The molecule has 142 valence electrons. The van der Waals surface area contributed by atoms with Gasteiger partial charge in [0.1, 0.15) is 5.60 Å². The first-order valence-corrected chi connectivity index (χ1v) is 9.06. The number of carbonyl (C=O) groups is 2. The molecule has 1 aliphatic heterocycles. The molecule has 2 heterocycles. The lowest BCUT2D eigenvalue weighted by molar-refractivity contribution is -0.141. The molecule has 0 unspecified atom stereocenters. The molecular weight excluding hydrogens is 366 g/mol. The minimum atomic E-state index is -0.898. The van der Waals surface area contributed by atoms with Crippen molar-refractivity contribution < 1.29 is 14.3 Å². The lowest BCUT2D eigenvalue weighted by atomic mass is 10.0. The topological polar surface area (TPSA) is 71.5 Å². The summed E-state index contributed by atoms with van der Waals surface area (Å²) in [6.45, 7) is 4.28. The van der Waals surface area contributed by atoms with Gasteiger partial charge in [0.15, 0.2) is 0 Å². The van der Waals surface area contributed by atoms with Crippen molar-refractivity contribution in [2.24, 2.45) is 0 Å². The first-order valence-electron chi connectivity index (χ1n) is 8.68. The summed E-state index contributed by atoms with van der Waals surface area (Å²) < 4.78 is 5.17. The van der Waals surface area contributed by atoms with Gasteiger partial charge in [-0.3, -0.25) is 14.6 Å². The molecule has 1 aromatic carbocycles. The van der Waals surface area contributed by atoms with E-state index in [9.17, 15) is 9.59 Å². The van der Waals surface area contributed by atoms with Crippen LogP contribution in [0.15, 0.2) is 42.6 Å². The molecule has 0 bridgehead atoms. The molecule has 1 fully saturated rings. The molecule has 0 saturated carbocycles. The van der Waals surface area contributed by atoms with Crippen LogP contribution in [0.25, 0.3) is 11.3 Å². The molecule has 27 heavy (non-hydrogen) atoms. The van der Waals surface area contributed by atoms with E-state index >= 15 is 0 Å². The fraction of sp³-hybridized carbons (Fsp3) is 0.350. The van der Waals surface area contributed by atoms with Gasteiger partial charge in [-0.15, -0.1) is 0 Å². The van der Waals surface area contributed by atoms with Gasteiger partial charge < -0.3 is 15.0 Å². The fourth-order valence-corrected chi connectivity index (χ4v) is 2.94. The van der Waals surface area contributed by atoms with Crippen molar-refractivity contribution in [1.82, 2.24) is 15.2 Å². The summed E-state index contributed by atoms with van der Waals surface area (Å²) >= 11 is 6.25. The van der Waals surface area contributed by atoms with Crippen LogP contribution in [0.1, 0.15) is 24.2 Å². The zero-order valence-electron chi connectivity index (χ0n) is 15.5. The van der Waals surface area contributed by atoms with Crippen LogP contribution in [0, 0.1) is 0 Å². The number of nitrogens with one attached hydrogen (secondary N) is 1. The third kappa shape index (κ3) is 4.12. The van der Waals surface area contributed by atoms with Crippen LogP contribution >= 0.6 is 11.6 Å². The van der Waals surface area contributed by atoms with Crippen molar-refractivity contribution in [3.05, 3.63) is 53.2 Å². The molecular formula is C20H22ClN3O3. The van der Waals surface area contributed by atoms with Crippen LogP contribution in [-0.2, 0) is 9.53 Å². The maximum atomic E-state index is 12.8. The van der Waals surface area contributed by atoms with Crippen molar-refractivity contribution in [2.45, 2.75) is 25.5 Å². The van der Waals surface area contributed by atoms with E-state index in [4.69, 9.17) is 16.3 Å². The number of amides is 2. The molecule has 7 heteroatoms. The van der Waals surface area contributed by atoms with E-state index in [1.54, 1.807) is 37.1 Å². The van der Waals surface area contributed by atoms with Gasteiger partial charge >= 0.3 is 0 Å². The molecule has 0 aliphatic carbocycles. The number of carbonyl (C=O) groups excluding carboxylic acids is 2. The fourth-order valence-electron chi connectivity index (χ4n) is 2.74. The number of rotatable bonds is 5. The van der Waals surface area contributed by atoms with Crippen molar-refractivity contribution in [3.63, 3.8) is 0 Å². The van der Waals surface area contributed by atoms with Crippen LogP contribution in [0.3, 0.4) is 0 Å². The largest absolute Gasteiger partial charge is 0.369 e. The van der Waals surface area contributed by atoms with Crippen molar-refractivity contribution in [3.8, 4) is 11.3 Å². The second-order valence-corrected chi connectivity index (χ2v) is 7.41. The first-order chi connectivity index (χ1) is 12.8. The summed E-state index contributed by atoms with van der Waals surface area (Å²) in [6, 6.07) is 10.8. The summed E-state index contributed by atoms with van der Waals surface area (Å²) in [5.74, 6) is -0.355. The predicted octanol–water partition coefficient (Wildman–Crippen LogP) is 2.77. The Morgan fingerprint density at radius 1 is 1.26 bits per heavy atom. The third-order valence-electron chi connectivity index (χ3n) is 4.72. The molecule has 0 radical (unpaired) electrons. The number of nitrogens with zero attached hydrogens (tertiary/aromatic N) is 2. The number of benzene rings is 1. The summed E-state index contributed by atoms with van der Waals surface area (Å²) in [6.07, 6.45) is 1.70. The van der Waals surface area contributed by atoms with E-state index in [2.05, 4.69) is 10.3 Å². The highest BCUT2D eigenvalue weighted by Crippen LogP contribution is 2.26. The second-order valence-electron chi connectivity index (χ2n) is 7.00. The minimum Gasteiger partial charge on any atom is -0.369 e. The predicted molar refractivity (Wildman–Crippen MR) is 104 cm³/mol. The molecule has 2 aromatic rings. The number of methoxy groups -OCH3 is 1. The van der Waals surface area contributed by atoms with Gasteiger partial charge in [0, 0.05) is 32.0 Å². The van der Waals surface area contributed by atoms with Gasteiger partial charge in [0.05, 0.1) is 22.3 Å². The van der Waals surface area contributed by atoms with Crippen LogP contribution in [0.4, 0.5) is 0 Å². The molecule has 6 nitrogen and oxygen atoms in total. The Kier molecular flexibility index (Phi) is 5.48. The Bertz CT molecular complexity index is 849. The lowest BCUT2D eigenvalue weighted by Gasteiger charge is -2.40.